The van der Waals surface area contributed by atoms with Gasteiger partial charge in [0.2, 0.25) is 5.91 Å². The summed E-state index contributed by atoms with van der Waals surface area (Å²) in [6.45, 7) is 4.16. The number of benzene rings is 4. The van der Waals surface area contributed by atoms with Crippen molar-refractivity contribution < 1.29 is 27.9 Å². The van der Waals surface area contributed by atoms with E-state index in [2.05, 4.69) is 20.8 Å². The van der Waals surface area contributed by atoms with Gasteiger partial charge in [-0.2, -0.15) is 5.10 Å². The van der Waals surface area contributed by atoms with Crippen molar-refractivity contribution in [3.05, 3.63) is 129 Å². The number of piperazine rings is 1. The van der Waals surface area contributed by atoms with Crippen molar-refractivity contribution >= 4 is 34.2 Å². The van der Waals surface area contributed by atoms with Crippen LogP contribution in [0.2, 0.25) is 0 Å². The number of H-pyrrole nitrogens is 1. The van der Waals surface area contributed by atoms with Crippen molar-refractivity contribution in [3.8, 4) is 11.1 Å². The Morgan fingerprint density at radius 2 is 1.58 bits per heavy atom. The monoisotopic (exact) mass is 751 g/mol. The van der Waals surface area contributed by atoms with Gasteiger partial charge in [0.1, 0.15) is 11.6 Å². The Balaban J connectivity index is 0.888. The molecule has 5 aromatic rings. The molecule has 2 heterocycles. The molecule has 14 heteroatoms. The van der Waals surface area contributed by atoms with Gasteiger partial charge in [0.05, 0.1) is 42.0 Å². The van der Waals surface area contributed by atoms with Crippen molar-refractivity contribution in [1.29, 1.82) is 0 Å². The average molecular weight is 752 g/mol. The fraction of sp³-hybridized carbons (Fsp3) is 0.293. The van der Waals surface area contributed by atoms with E-state index < -0.39 is 23.4 Å². The van der Waals surface area contributed by atoms with Gasteiger partial charge in [0.15, 0.2) is 0 Å². The summed E-state index contributed by atoms with van der Waals surface area (Å²) in [6, 6.07) is 22.1. The lowest BCUT2D eigenvalue weighted by Gasteiger charge is -2.35. The highest BCUT2D eigenvalue weighted by atomic mass is 19.1. The molecule has 1 aromatic heterocycles. The number of nitrogens with two attached hydrogens (primary N) is 1. The number of nitrogen functional groups attached to an aromatic ring is 1. The maximum absolute atomic E-state index is 15.0. The Labute approximate surface area is 316 Å². The highest BCUT2D eigenvalue weighted by Crippen LogP contribution is 2.28. The summed E-state index contributed by atoms with van der Waals surface area (Å²) in [5.74, 6) is -2.58. The number of carbonyl (C=O) groups excluding carboxylic acids is 3. The molecular weight excluding hydrogens is 708 g/mol. The van der Waals surface area contributed by atoms with Gasteiger partial charge in [-0.25, -0.2) is 13.9 Å². The zero-order valence-electron chi connectivity index (χ0n) is 30.5. The lowest BCUT2D eigenvalue weighted by atomic mass is 9.99. The van der Waals surface area contributed by atoms with Gasteiger partial charge < -0.3 is 30.9 Å². The van der Waals surface area contributed by atoms with Crippen LogP contribution in [0.25, 0.3) is 21.9 Å². The molecule has 0 radical (unpaired) electrons. The summed E-state index contributed by atoms with van der Waals surface area (Å²) >= 11 is 0. The third-order valence-corrected chi connectivity index (χ3v) is 9.58. The van der Waals surface area contributed by atoms with Gasteiger partial charge in [-0.3, -0.25) is 19.2 Å². The molecular formula is C41H43F2N7O5. The van der Waals surface area contributed by atoms with Crippen molar-refractivity contribution in [2.24, 2.45) is 0 Å². The van der Waals surface area contributed by atoms with E-state index in [9.17, 15) is 28.0 Å². The second-order valence-corrected chi connectivity index (χ2v) is 13.2. The lowest BCUT2D eigenvalue weighted by molar-refractivity contribution is -0.131. The molecule has 286 valence electrons. The Bertz CT molecular complexity index is 2230. The smallest absolute Gasteiger partial charge is 0.272 e. The standard InChI is InChI=1S/C41H43F2N7O5/c1-2-26-6-5-7-28(20-26)29-23-34(43)38(35(44)24-29)40(53)46-13-19-55-18-12-45-25-37(51)49-14-16-50(17-15-49)41(54)32-21-27(10-11-33(32)42)22-36-30-8-3-4-9-31(30)39(52)48-47-36/h3-11,20-21,23-24,45H,2,12-19,22,25,44H2,1H3,(H,46,53)(H,48,52). The summed E-state index contributed by atoms with van der Waals surface area (Å²) in [5.41, 5.74) is 9.33. The lowest BCUT2D eigenvalue weighted by Crippen LogP contribution is -2.52. The minimum absolute atomic E-state index is 0.0449. The number of carbonyl (C=O) groups is 3. The Kier molecular flexibility index (Phi) is 12.6. The number of halogens is 2. The molecule has 0 bridgehead atoms. The van der Waals surface area contributed by atoms with Crippen LogP contribution in [0.4, 0.5) is 14.5 Å². The Morgan fingerprint density at radius 1 is 0.836 bits per heavy atom. The minimum atomic E-state index is -0.705. The topological polar surface area (TPSA) is 163 Å². The van der Waals surface area contributed by atoms with Gasteiger partial charge >= 0.3 is 0 Å². The van der Waals surface area contributed by atoms with E-state index in [0.717, 1.165) is 17.5 Å². The van der Waals surface area contributed by atoms with E-state index in [1.165, 1.54) is 23.1 Å². The van der Waals surface area contributed by atoms with Crippen LogP contribution in [0.3, 0.4) is 0 Å². The molecule has 1 aliphatic heterocycles. The molecule has 1 saturated heterocycles. The largest absolute Gasteiger partial charge is 0.398 e. The number of ether oxygens (including phenoxy) is 1. The molecule has 1 aliphatic rings. The van der Waals surface area contributed by atoms with Gasteiger partial charge in [-0.05, 0) is 59.0 Å². The fourth-order valence-corrected chi connectivity index (χ4v) is 6.56. The summed E-state index contributed by atoms with van der Waals surface area (Å²) in [6.07, 6.45) is 1.13. The van der Waals surface area contributed by atoms with Crippen LogP contribution in [-0.2, 0) is 22.4 Å². The number of amides is 3. The Morgan fingerprint density at radius 3 is 2.35 bits per heavy atom. The number of nitrogens with one attached hydrogen (secondary N) is 3. The van der Waals surface area contributed by atoms with Gasteiger partial charge in [0.25, 0.3) is 17.4 Å². The maximum atomic E-state index is 15.0. The number of hydrogen-bond donors (Lipinski definition) is 4. The molecule has 4 aromatic carbocycles. The average Bonchev–Trinajstić information content (AvgIpc) is 3.20. The first kappa shape index (κ1) is 38.7. The predicted octanol–water partition coefficient (Wildman–Crippen LogP) is 3.92. The van der Waals surface area contributed by atoms with Crippen molar-refractivity contribution in [3.63, 3.8) is 0 Å². The first-order valence-corrected chi connectivity index (χ1v) is 18.2. The molecule has 0 atom stereocenters. The quantitative estimate of drug-likeness (QED) is 0.0981. The van der Waals surface area contributed by atoms with Crippen LogP contribution in [0.15, 0.2) is 83.7 Å². The highest BCUT2D eigenvalue weighted by Gasteiger charge is 2.26. The van der Waals surface area contributed by atoms with E-state index in [4.69, 9.17) is 10.5 Å². The summed E-state index contributed by atoms with van der Waals surface area (Å²) in [5, 5.41) is 13.5. The van der Waals surface area contributed by atoms with E-state index in [1.54, 1.807) is 35.2 Å². The van der Waals surface area contributed by atoms with Crippen LogP contribution < -0.4 is 21.9 Å². The van der Waals surface area contributed by atoms with E-state index in [-0.39, 0.29) is 74.1 Å². The normalized spacial score (nSPS) is 12.9. The highest BCUT2D eigenvalue weighted by molar-refractivity contribution is 6.00. The molecule has 1 fully saturated rings. The Hall–Kier alpha value is -5.99. The molecule has 0 saturated carbocycles. The number of aryl methyl sites for hydroxylation is 1. The van der Waals surface area contributed by atoms with Gasteiger partial charge in [0, 0.05) is 56.8 Å². The third-order valence-electron chi connectivity index (χ3n) is 9.58. The second kappa shape index (κ2) is 17.9. The number of fused-ring (bicyclic) bond motifs is 1. The van der Waals surface area contributed by atoms with Crippen molar-refractivity contribution in [1.82, 2.24) is 30.6 Å². The molecule has 0 aliphatic carbocycles. The predicted molar refractivity (Wildman–Crippen MR) is 206 cm³/mol. The number of rotatable bonds is 14. The number of aromatic amines is 1. The second-order valence-electron chi connectivity index (χ2n) is 13.2. The van der Waals surface area contributed by atoms with Crippen molar-refractivity contribution in [2.75, 3.05) is 64.8 Å². The minimum Gasteiger partial charge on any atom is -0.398 e. The zero-order chi connectivity index (χ0) is 38.9. The van der Waals surface area contributed by atoms with E-state index in [1.807, 2.05) is 37.3 Å². The maximum Gasteiger partial charge on any atom is 0.272 e. The van der Waals surface area contributed by atoms with Gasteiger partial charge in [-0.15, -0.1) is 0 Å². The summed E-state index contributed by atoms with van der Waals surface area (Å²) in [4.78, 5) is 54.2. The molecule has 6 rings (SSSR count). The molecule has 0 unspecified atom stereocenters. The van der Waals surface area contributed by atoms with Crippen LogP contribution in [0, 0.1) is 11.6 Å². The first-order chi connectivity index (χ1) is 26.6. The summed E-state index contributed by atoms with van der Waals surface area (Å²) in [7, 11) is 0. The molecule has 55 heavy (non-hydrogen) atoms. The number of hydrogen-bond acceptors (Lipinski definition) is 8. The molecule has 5 N–H and O–H groups in total. The zero-order valence-corrected chi connectivity index (χ0v) is 30.5. The van der Waals surface area contributed by atoms with Crippen LogP contribution >= 0.6 is 0 Å². The van der Waals surface area contributed by atoms with Crippen LogP contribution in [0.5, 0.6) is 0 Å². The van der Waals surface area contributed by atoms with Gasteiger partial charge in [-0.1, -0.05) is 55.5 Å². The van der Waals surface area contributed by atoms with E-state index in [0.29, 0.717) is 47.2 Å². The molecule has 3 amide bonds. The molecule has 12 nitrogen and oxygen atoms in total. The number of anilines is 1. The fourth-order valence-electron chi connectivity index (χ4n) is 6.56. The number of nitrogens with zero attached hydrogens (tertiary/aromatic N) is 3. The number of aromatic nitrogens is 2. The van der Waals surface area contributed by atoms with E-state index >= 15 is 0 Å². The SMILES string of the molecule is CCc1cccc(-c2cc(N)c(C(=O)NCCOCCNCC(=O)N3CCN(C(=O)c4cc(Cc5n[nH]c(=O)c6ccccc56)ccc4F)CC3)c(F)c2)c1. The molecule has 0 spiro atoms. The van der Waals surface area contributed by atoms with Crippen molar-refractivity contribution in [2.45, 2.75) is 19.8 Å². The van der Waals surface area contributed by atoms with Crippen LogP contribution in [-0.4, -0.2) is 96.7 Å². The van der Waals surface area contributed by atoms with Crippen LogP contribution in [0.1, 0.15) is 44.5 Å². The summed E-state index contributed by atoms with van der Waals surface area (Å²) < 4.78 is 35.4. The first-order valence-electron chi connectivity index (χ1n) is 18.2. The third kappa shape index (κ3) is 9.39.